The van der Waals surface area contributed by atoms with Crippen LogP contribution in [0.4, 0.5) is 8.78 Å². The lowest BCUT2D eigenvalue weighted by atomic mass is 9.89. The van der Waals surface area contributed by atoms with E-state index in [2.05, 4.69) is 4.74 Å². The molecule has 0 aliphatic carbocycles. The maximum atomic E-state index is 12.9. The number of halogens is 2. The summed E-state index contributed by atoms with van der Waals surface area (Å²) in [4.78, 5) is 11.6. The van der Waals surface area contributed by atoms with Gasteiger partial charge in [0.25, 0.3) is 0 Å². The first-order chi connectivity index (χ1) is 8.71. The van der Waals surface area contributed by atoms with Crippen molar-refractivity contribution in [3.8, 4) is 0 Å². The third-order valence-electron chi connectivity index (χ3n) is 3.53. The van der Waals surface area contributed by atoms with Crippen molar-refractivity contribution in [3.05, 3.63) is 0 Å². The summed E-state index contributed by atoms with van der Waals surface area (Å²) in [5.74, 6) is -1.70. The molecule has 0 aromatic rings. The van der Waals surface area contributed by atoms with Gasteiger partial charge in [-0.1, -0.05) is 0 Å². The van der Waals surface area contributed by atoms with Crippen molar-refractivity contribution in [2.24, 2.45) is 5.92 Å². The highest BCUT2D eigenvalue weighted by atomic mass is 32.2. The molecule has 0 saturated carbocycles. The van der Waals surface area contributed by atoms with E-state index in [1.54, 1.807) is 0 Å². The van der Waals surface area contributed by atoms with Gasteiger partial charge < -0.3 is 14.2 Å². The van der Waals surface area contributed by atoms with Gasteiger partial charge >= 0.3 is 21.3 Å². The number of rotatable bonds is 4. The standard InChI is InChI=1S/C9H10F2O7S/c10-9(11,19(13,14)15)2-16-8(12)3-1-4-6-7(18-6)5(3)17-4/h3-7H,1-2H2,(H,13,14,15). The van der Waals surface area contributed by atoms with Gasteiger partial charge in [0.15, 0.2) is 6.61 Å². The fourth-order valence-electron chi connectivity index (χ4n) is 2.52. The number of ether oxygens (including phenoxy) is 3. The van der Waals surface area contributed by atoms with Crippen molar-refractivity contribution in [2.45, 2.75) is 36.1 Å². The van der Waals surface area contributed by atoms with E-state index in [1.807, 2.05) is 0 Å². The fourth-order valence-corrected chi connectivity index (χ4v) is 2.73. The second kappa shape index (κ2) is 3.84. The van der Waals surface area contributed by atoms with Crippen LogP contribution in [-0.2, 0) is 29.1 Å². The zero-order valence-corrected chi connectivity index (χ0v) is 10.2. The molecular weight excluding hydrogens is 290 g/mol. The first-order valence-corrected chi connectivity index (χ1v) is 6.97. The van der Waals surface area contributed by atoms with Crippen molar-refractivity contribution in [2.75, 3.05) is 6.61 Å². The Hall–Kier alpha value is -0.840. The molecule has 0 amide bonds. The van der Waals surface area contributed by atoms with E-state index in [1.165, 1.54) is 0 Å². The Morgan fingerprint density at radius 2 is 2.00 bits per heavy atom. The average molecular weight is 300 g/mol. The van der Waals surface area contributed by atoms with E-state index in [0.717, 1.165) is 0 Å². The molecule has 5 unspecified atom stereocenters. The summed E-state index contributed by atoms with van der Waals surface area (Å²) in [6, 6.07) is 0. The highest BCUT2D eigenvalue weighted by molar-refractivity contribution is 7.86. The number of fused-ring (bicyclic) bond motifs is 5. The fraction of sp³-hybridized carbons (Fsp3) is 0.889. The Morgan fingerprint density at radius 1 is 1.32 bits per heavy atom. The third kappa shape index (κ3) is 2.02. The van der Waals surface area contributed by atoms with Crippen molar-refractivity contribution >= 4 is 16.1 Å². The molecule has 3 aliphatic heterocycles. The molecule has 0 spiro atoms. The van der Waals surface area contributed by atoms with Gasteiger partial charge in [-0.15, -0.1) is 0 Å². The van der Waals surface area contributed by atoms with E-state index in [0.29, 0.717) is 6.42 Å². The third-order valence-corrected chi connectivity index (χ3v) is 4.40. The summed E-state index contributed by atoms with van der Waals surface area (Å²) >= 11 is 0. The summed E-state index contributed by atoms with van der Waals surface area (Å²) in [5, 5.41) is -4.51. The highest BCUT2D eigenvalue weighted by Crippen LogP contribution is 2.51. The number of hydrogen-bond acceptors (Lipinski definition) is 6. The SMILES string of the molecule is O=C(OCC(F)(F)S(=O)(=O)O)C1CC2OC1C1OC21. The minimum absolute atomic E-state index is 0.0201. The average Bonchev–Trinajstić information content (AvgIpc) is 2.90. The van der Waals surface area contributed by atoms with Crippen LogP contribution in [0.15, 0.2) is 0 Å². The Morgan fingerprint density at radius 3 is 2.53 bits per heavy atom. The van der Waals surface area contributed by atoms with Gasteiger partial charge in [0.2, 0.25) is 0 Å². The van der Waals surface area contributed by atoms with Crippen LogP contribution >= 0.6 is 0 Å². The van der Waals surface area contributed by atoms with Crippen molar-refractivity contribution in [1.29, 1.82) is 0 Å². The molecule has 5 atom stereocenters. The Balaban J connectivity index is 1.58. The second-order valence-corrected chi connectivity index (χ2v) is 6.31. The number of alkyl halides is 2. The van der Waals surface area contributed by atoms with Crippen LogP contribution < -0.4 is 0 Å². The molecule has 19 heavy (non-hydrogen) atoms. The lowest BCUT2D eigenvalue weighted by molar-refractivity contribution is -0.156. The van der Waals surface area contributed by atoms with Crippen LogP contribution in [0.2, 0.25) is 0 Å². The molecule has 108 valence electrons. The minimum Gasteiger partial charge on any atom is -0.458 e. The molecule has 7 nitrogen and oxygen atoms in total. The van der Waals surface area contributed by atoms with Crippen molar-refractivity contribution in [1.82, 2.24) is 0 Å². The number of carbonyl (C=O) groups excluding carboxylic acids is 1. The summed E-state index contributed by atoms with van der Waals surface area (Å²) in [6.07, 6.45) is -0.648. The number of carbonyl (C=O) groups is 1. The molecule has 2 bridgehead atoms. The smallest absolute Gasteiger partial charge is 0.402 e. The Bertz CT molecular complexity index is 519. The van der Waals surface area contributed by atoms with Crippen LogP contribution in [0, 0.1) is 5.92 Å². The second-order valence-electron chi connectivity index (χ2n) is 4.77. The maximum Gasteiger partial charge on any atom is 0.402 e. The van der Waals surface area contributed by atoms with E-state index in [-0.39, 0.29) is 18.3 Å². The minimum atomic E-state index is -5.60. The summed E-state index contributed by atoms with van der Waals surface area (Å²) in [6.45, 7) is -1.71. The molecule has 0 aromatic carbocycles. The van der Waals surface area contributed by atoms with E-state index in [9.17, 15) is 22.0 Å². The predicted molar refractivity (Wildman–Crippen MR) is 52.9 cm³/mol. The number of hydrogen-bond donors (Lipinski definition) is 1. The largest absolute Gasteiger partial charge is 0.458 e. The lowest BCUT2D eigenvalue weighted by Crippen LogP contribution is -2.38. The van der Waals surface area contributed by atoms with Gasteiger partial charge in [-0.3, -0.25) is 9.35 Å². The van der Waals surface area contributed by atoms with E-state index < -0.39 is 40.0 Å². The summed E-state index contributed by atoms with van der Waals surface area (Å²) in [7, 11) is -5.60. The zero-order chi connectivity index (χ0) is 14.0. The van der Waals surface area contributed by atoms with Gasteiger partial charge in [-0.25, -0.2) is 0 Å². The topological polar surface area (TPSA) is 102 Å². The number of epoxide rings is 1. The molecule has 10 heteroatoms. The molecular formula is C9H10F2O7S. The highest BCUT2D eigenvalue weighted by Gasteiger charge is 2.67. The molecule has 3 rings (SSSR count). The molecule has 0 aromatic heterocycles. The monoisotopic (exact) mass is 300 g/mol. The molecule has 3 heterocycles. The van der Waals surface area contributed by atoms with Crippen LogP contribution in [-0.4, -0.2) is 55.2 Å². The summed E-state index contributed by atoms with van der Waals surface area (Å²) < 4.78 is 69.6. The van der Waals surface area contributed by atoms with Crippen LogP contribution in [0.3, 0.4) is 0 Å². The summed E-state index contributed by atoms with van der Waals surface area (Å²) in [5.41, 5.74) is 0. The molecule has 3 fully saturated rings. The van der Waals surface area contributed by atoms with Gasteiger partial charge in [-0.05, 0) is 6.42 Å². The normalized spacial score (nSPS) is 40.1. The first-order valence-electron chi connectivity index (χ1n) is 5.53. The zero-order valence-electron chi connectivity index (χ0n) is 9.36. The van der Waals surface area contributed by atoms with Crippen LogP contribution in [0.5, 0.6) is 0 Å². The Labute approximate surface area is 106 Å². The molecule has 3 saturated heterocycles. The van der Waals surface area contributed by atoms with Crippen molar-refractivity contribution in [3.63, 3.8) is 0 Å². The quantitative estimate of drug-likeness (QED) is 0.427. The van der Waals surface area contributed by atoms with Crippen LogP contribution in [0.25, 0.3) is 0 Å². The lowest BCUT2D eigenvalue weighted by Gasteiger charge is -2.18. The Kier molecular flexibility index (Phi) is 2.66. The van der Waals surface area contributed by atoms with Gasteiger partial charge in [0.1, 0.15) is 18.3 Å². The van der Waals surface area contributed by atoms with Crippen molar-refractivity contribution < 1.29 is 40.8 Å². The van der Waals surface area contributed by atoms with E-state index >= 15 is 0 Å². The van der Waals surface area contributed by atoms with Gasteiger partial charge in [-0.2, -0.15) is 17.2 Å². The number of esters is 1. The first kappa shape index (κ1) is 13.2. The molecule has 0 radical (unpaired) electrons. The van der Waals surface area contributed by atoms with Crippen LogP contribution in [0.1, 0.15) is 6.42 Å². The predicted octanol–water partition coefficient (Wildman–Crippen LogP) is -0.435. The van der Waals surface area contributed by atoms with Gasteiger partial charge in [0, 0.05) is 0 Å². The molecule has 3 aliphatic rings. The van der Waals surface area contributed by atoms with E-state index in [4.69, 9.17) is 14.0 Å². The maximum absolute atomic E-state index is 12.9. The molecule has 1 N–H and O–H groups in total. The van der Waals surface area contributed by atoms with Gasteiger partial charge in [0.05, 0.1) is 12.0 Å².